The Morgan fingerprint density at radius 3 is 2.72 bits per heavy atom. The minimum absolute atomic E-state index is 0.0387. The van der Waals surface area contributed by atoms with E-state index >= 15 is 0 Å². The number of hydrogen-bond acceptors (Lipinski definition) is 4. The summed E-state index contributed by atoms with van der Waals surface area (Å²) < 4.78 is 19.6. The zero-order valence-corrected chi connectivity index (χ0v) is 16.0. The Hall–Kier alpha value is -3.22. The summed E-state index contributed by atoms with van der Waals surface area (Å²) in [6, 6.07) is 14.4. The lowest BCUT2D eigenvalue weighted by Gasteiger charge is -2.11. The first-order valence-corrected chi connectivity index (χ1v) is 9.16. The largest absolute Gasteiger partial charge is 0.453 e. The summed E-state index contributed by atoms with van der Waals surface area (Å²) in [6.07, 6.45) is 4.96. The third kappa shape index (κ3) is 6.14. The summed E-state index contributed by atoms with van der Waals surface area (Å²) >= 11 is 5.81. The number of hydrogen-bond donors (Lipinski definition) is 2. The molecule has 29 heavy (non-hydrogen) atoms. The molecule has 2 N–H and O–H groups in total. The van der Waals surface area contributed by atoms with Gasteiger partial charge in [-0.15, -0.1) is 0 Å². The number of ether oxygens (including phenoxy) is 1. The van der Waals surface area contributed by atoms with E-state index in [9.17, 15) is 14.3 Å². The fraction of sp³-hybridized carbons (Fsp3) is 0.0909. The van der Waals surface area contributed by atoms with Crippen molar-refractivity contribution in [2.45, 2.75) is 6.10 Å². The Bertz CT molecular complexity index is 995. The maximum atomic E-state index is 14.2. The van der Waals surface area contributed by atoms with Gasteiger partial charge in [0, 0.05) is 23.8 Å². The highest BCUT2D eigenvalue weighted by Gasteiger charge is 2.09. The molecular weight excluding hydrogens is 395 g/mol. The van der Waals surface area contributed by atoms with Gasteiger partial charge in [-0.25, -0.2) is 4.39 Å². The van der Waals surface area contributed by atoms with Gasteiger partial charge < -0.3 is 15.2 Å². The van der Waals surface area contributed by atoms with Gasteiger partial charge >= 0.3 is 0 Å². The molecule has 0 saturated heterocycles. The SMILES string of the molecule is O=C(/C=C/c1ccc(Oc2cccnc2)c(F)c1)NC[C@@H](O)c1ccc(Cl)cc1. The minimum atomic E-state index is -0.856. The molecule has 1 aromatic heterocycles. The Morgan fingerprint density at radius 2 is 2.03 bits per heavy atom. The summed E-state index contributed by atoms with van der Waals surface area (Å²) in [5.74, 6) is -0.484. The number of carbonyl (C=O) groups is 1. The van der Waals surface area contributed by atoms with Crippen LogP contribution in [0.3, 0.4) is 0 Å². The Morgan fingerprint density at radius 1 is 1.24 bits per heavy atom. The molecule has 2 aromatic carbocycles. The van der Waals surface area contributed by atoms with Gasteiger partial charge in [-0.05, 0) is 53.6 Å². The first kappa shape index (κ1) is 20.5. The van der Waals surface area contributed by atoms with Crippen molar-refractivity contribution in [3.8, 4) is 11.5 Å². The quantitative estimate of drug-likeness (QED) is 0.559. The lowest BCUT2D eigenvalue weighted by molar-refractivity contribution is -0.116. The van der Waals surface area contributed by atoms with E-state index in [-0.39, 0.29) is 12.3 Å². The number of amides is 1. The molecule has 0 aliphatic carbocycles. The van der Waals surface area contributed by atoms with Crippen LogP contribution in [0.1, 0.15) is 17.2 Å². The molecule has 1 heterocycles. The van der Waals surface area contributed by atoms with Crippen LogP contribution in [0.4, 0.5) is 4.39 Å². The maximum absolute atomic E-state index is 14.2. The van der Waals surface area contributed by atoms with Crippen molar-refractivity contribution in [1.82, 2.24) is 10.3 Å². The number of halogens is 2. The normalized spacial score (nSPS) is 12.0. The number of nitrogens with zero attached hydrogens (tertiary/aromatic N) is 1. The molecule has 5 nitrogen and oxygen atoms in total. The van der Waals surface area contributed by atoms with Crippen molar-refractivity contribution in [2.75, 3.05) is 6.54 Å². The highest BCUT2D eigenvalue weighted by molar-refractivity contribution is 6.30. The third-order valence-electron chi connectivity index (χ3n) is 3.97. The van der Waals surface area contributed by atoms with Gasteiger partial charge in [0.15, 0.2) is 11.6 Å². The highest BCUT2D eigenvalue weighted by atomic mass is 35.5. The number of aliphatic hydroxyl groups is 1. The van der Waals surface area contributed by atoms with Crippen LogP contribution in [0, 0.1) is 5.82 Å². The molecule has 0 spiro atoms. The lowest BCUT2D eigenvalue weighted by atomic mass is 10.1. The average Bonchev–Trinajstić information content (AvgIpc) is 2.73. The van der Waals surface area contributed by atoms with Crippen LogP contribution >= 0.6 is 11.6 Å². The van der Waals surface area contributed by atoms with Gasteiger partial charge in [-0.3, -0.25) is 9.78 Å². The number of benzene rings is 2. The molecule has 0 radical (unpaired) electrons. The average molecular weight is 413 g/mol. The second-order valence-electron chi connectivity index (χ2n) is 6.13. The summed E-state index contributed by atoms with van der Waals surface area (Å²) in [7, 11) is 0. The van der Waals surface area contributed by atoms with Crippen molar-refractivity contribution in [3.63, 3.8) is 0 Å². The van der Waals surface area contributed by atoms with Crippen LogP contribution in [0.2, 0.25) is 5.02 Å². The van der Waals surface area contributed by atoms with Crippen LogP contribution in [0.15, 0.2) is 73.1 Å². The van der Waals surface area contributed by atoms with Crippen LogP contribution in [-0.4, -0.2) is 22.5 Å². The van der Waals surface area contributed by atoms with Gasteiger partial charge in [-0.2, -0.15) is 0 Å². The Kier molecular flexibility index (Phi) is 6.94. The summed E-state index contributed by atoms with van der Waals surface area (Å²) in [5.41, 5.74) is 1.14. The number of aliphatic hydroxyl groups excluding tert-OH is 1. The Balaban J connectivity index is 1.54. The maximum Gasteiger partial charge on any atom is 0.244 e. The molecule has 1 atom stereocenters. The number of pyridine rings is 1. The van der Waals surface area contributed by atoms with E-state index in [2.05, 4.69) is 10.3 Å². The second-order valence-corrected chi connectivity index (χ2v) is 6.56. The van der Waals surface area contributed by atoms with E-state index in [1.54, 1.807) is 48.7 Å². The highest BCUT2D eigenvalue weighted by Crippen LogP contribution is 2.24. The van der Waals surface area contributed by atoms with Crippen LogP contribution in [0.25, 0.3) is 6.08 Å². The van der Waals surface area contributed by atoms with Gasteiger partial charge in [0.25, 0.3) is 0 Å². The monoisotopic (exact) mass is 412 g/mol. The first-order valence-electron chi connectivity index (χ1n) is 8.78. The summed E-state index contributed by atoms with van der Waals surface area (Å²) in [4.78, 5) is 15.8. The number of carbonyl (C=O) groups excluding carboxylic acids is 1. The molecule has 0 aliphatic rings. The molecule has 7 heteroatoms. The van der Waals surface area contributed by atoms with Gasteiger partial charge in [0.2, 0.25) is 5.91 Å². The zero-order chi connectivity index (χ0) is 20.6. The smallest absolute Gasteiger partial charge is 0.244 e. The van der Waals surface area contributed by atoms with E-state index in [0.29, 0.717) is 21.9 Å². The van der Waals surface area contributed by atoms with E-state index in [0.717, 1.165) is 0 Å². The molecule has 0 aliphatic heterocycles. The fourth-order valence-electron chi connectivity index (χ4n) is 2.47. The standard InChI is InChI=1S/C22H18ClFN2O3/c23-17-7-5-16(6-8-17)20(27)14-26-22(28)10-4-15-3-9-21(19(24)12-15)29-18-2-1-11-25-13-18/h1-13,20,27H,14H2,(H,26,28)/b10-4+/t20-/m1/s1. The van der Waals surface area contributed by atoms with Crippen molar-refractivity contribution in [3.05, 3.63) is 95.0 Å². The molecular formula is C22H18ClFN2O3. The van der Waals surface area contributed by atoms with Crippen molar-refractivity contribution >= 4 is 23.6 Å². The predicted octanol–water partition coefficient (Wildman–Crippen LogP) is 4.53. The van der Waals surface area contributed by atoms with Crippen molar-refractivity contribution in [1.29, 1.82) is 0 Å². The van der Waals surface area contributed by atoms with Gasteiger partial charge in [0.05, 0.1) is 12.3 Å². The van der Waals surface area contributed by atoms with Crippen LogP contribution in [-0.2, 0) is 4.79 Å². The second kappa shape index (κ2) is 9.82. The van der Waals surface area contributed by atoms with E-state index < -0.39 is 17.8 Å². The van der Waals surface area contributed by atoms with Crippen molar-refractivity contribution < 1.29 is 19.0 Å². The molecule has 148 valence electrons. The number of rotatable bonds is 7. The molecule has 0 unspecified atom stereocenters. The molecule has 0 saturated carbocycles. The zero-order valence-electron chi connectivity index (χ0n) is 15.3. The van der Waals surface area contributed by atoms with E-state index in [4.69, 9.17) is 16.3 Å². The third-order valence-corrected chi connectivity index (χ3v) is 4.22. The Labute approximate surface area is 172 Å². The van der Waals surface area contributed by atoms with E-state index in [1.807, 2.05) is 0 Å². The minimum Gasteiger partial charge on any atom is -0.453 e. The molecule has 3 rings (SSSR count). The molecule has 0 bridgehead atoms. The van der Waals surface area contributed by atoms with Crippen molar-refractivity contribution in [2.24, 2.45) is 0 Å². The summed E-state index contributed by atoms with van der Waals surface area (Å²) in [6.45, 7) is 0.0387. The first-order chi connectivity index (χ1) is 14.0. The van der Waals surface area contributed by atoms with Crippen LogP contribution < -0.4 is 10.1 Å². The van der Waals surface area contributed by atoms with Gasteiger partial charge in [-0.1, -0.05) is 29.8 Å². The lowest BCUT2D eigenvalue weighted by Crippen LogP contribution is -2.26. The van der Waals surface area contributed by atoms with E-state index in [1.165, 1.54) is 30.5 Å². The molecule has 1 amide bonds. The number of nitrogens with one attached hydrogen (secondary N) is 1. The topological polar surface area (TPSA) is 71.5 Å². The fourth-order valence-corrected chi connectivity index (χ4v) is 2.59. The molecule has 3 aromatic rings. The number of aromatic nitrogens is 1. The predicted molar refractivity (Wildman–Crippen MR) is 109 cm³/mol. The van der Waals surface area contributed by atoms with Gasteiger partial charge in [0.1, 0.15) is 5.75 Å². The summed E-state index contributed by atoms with van der Waals surface area (Å²) in [5, 5.41) is 13.2. The molecule has 0 fully saturated rings. The van der Waals surface area contributed by atoms with Crippen LogP contribution in [0.5, 0.6) is 11.5 Å².